The summed E-state index contributed by atoms with van der Waals surface area (Å²) in [4.78, 5) is 16.6. The van der Waals surface area contributed by atoms with Crippen molar-refractivity contribution in [2.45, 2.75) is 25.1 Å². The number of carbonyl (C=O) groups is 1. The molecule has 0 unspecified atom stereocenters. The molecule has 24 heavy (non-hydrogen) atoms. The van der Waals surface area contributed by atoms with Crippen LogP contribution < -0.4 is 10.2 Å². The van der Waals surface area contributed by atoms with Crippen LogP contribution in [0.15, 0.2) is 30.3 Å². The lowest BCUT2D eigenvalue weighted by molar-refractivity contribution is -0.121. The molecule has 0 saturated carbocycles. The van der Waals surface area contributed by atoms with Crippen LogP contribution in [0.4, 0.5) is 5.69 Å². The van der Waals surface area contributed by atoms with Crippen LogP contribution in [0.1, 0.15) is 13.8 Å². The van der Waals surface area contributed by atoms with E-state index in [0.717, 1.165) is 39.0 Å². The van der Waals surface area contributed by atoms with Crippen LogP contribution in [0.25, 0.3) is 0 Å². The minimum atomic E-state index is -3.35. The lowest BCUT2D eigenvalue weighted by atomic mass is 10.2. The summed E-state index contributed by atoms with van der Waals surface area (Å²) in [6.07, 6.45) is 1.09. The van der Waals surface area contributed by atoms with Gasteiger partial charge in [-0.05, 0) is 26.0 Å². The molecule has 1 N–H and O–H groups in total. The third-order valence-electron chi connectivity index (χ3n) is 4.43. The minimum Gasteiger partial charge on any atom is -0.369 e. The Morgan fingerprint density at radius 2 is 1.71 bits per heavy atom. The van der Waals surface area contributed by atoms with E-state index >= 15 is 0 Å². The van der Waals surface area contributed by atoms with E-state index in [1.165, 1.54) is 12.6 Å². The lowest BCUT2D eigenvalue weighted by Gasteiger charge is -2.37. The zero-order valence-electron chi connectivity index (χ0n) is 14.6. The number of sulfone groups is 1. The van der Waals surface area contributed by atoms with Crippen LogP contribution in [0.3, 0.4) is 0 Å². The summed E-state index contributed by atoms with van der Waals surface area (Å²) < 4.78 is 22.9. The topological polar surface area (TPSA) is 69.7 Å². The quantitative estimate of drug-likeness (QED) is 0.817. The van der Waals surface area contributed by atoms with Gasteiger partial charge >= 0.3 is 0 Å². The second-order valence-electron chi connectivity index (χ2n) is 6.50. The van der Waals surface area contributed by atoms with Gasteiger partial charge in [0, 0.05) is 50.7 Å². The van der Waals surface area contributed by atoms with E-state index in [9.17, 15) is 13.2 Å². The van der Waals surface area contributed by atoms with Crippen LogP contribution in [0.2, 0.25) is 0 Å². The van der Waals surface area contributed by atoms with Crippen molar-refractivity contribution in [1.29, 1.82) is 0 Å². The van der Waals surface area contributed by atoms with E-state index in [2.05, 4.69) is 27.2 Å². The Labute approximate surface area is 144 Å². The number of nitrogens with one attached hydrogen (secondary N) is 1. The maximum absolute atomic E-state index is 12.0. The molecule has 2 atom stereocenters. The van der Waals surface area contributed by atoms with Crippen LogP contribution >= 0.6 is 0 Å². The molecular weight excluding hydrogens is 326 g/mol. The number of carbonyl (C=O) groups excluding carboxylic acids is 1. The van der Waals surface area contributed by atoms with Crippen LogP contribution in [0, 0.1) is 0 Å². The van der Waals surface area contributed by atoms with Crippen molar-refractivity contribution in [2.75, 3.05) is 43.9 Å². The minimum absolute atomic E-state index is 0.0787. The van der Waals surface area contributed by atoms with Crippen molar-refractivity contribution in [3.63, 3.8) is 0 Å². The Bertz CT molecular complexity index is 640. The van der Waals surface area contributed by atoms with E-state index in [0.29, 0.717) is 0 Å². The number of piperazine rings is 1. The number of para-hydroxylation sites is 1. The Kier molecular flexibility index (Phi) is 6.23. The van der Waals surface area contributed by atoms with Crippen molar-refractivity contribution in [3.05, 3.63) is 30.3 Å². The summed E-state index contributed by atoms with van der Waals surface area (Å²) >= 11 is 0. The fraction of sp³-hybridized carbons (Fsp3) is 0.588. The van der Waals surface area contributed by atoms with Crippen molar-refractivity contribution in [3.8, 4) is 0 Å². The molecule has 1 aromatic rings. The first-order chi connectivity index (χ1) is 11.3. The molecule has 1 heterocycles. The van der Waals surface area contributed by atoms with Crippen LogP contribution in [0.5, 0.6) is 0 Å². The predicted molar refractivity (Wildman–Crippen MR) is 97.0 cm³/mol. The van der Waals surface area contributed by atoms with Crippen molar-refractivity contribution >= 4 is 21.4 Å². The monoisotopic (exact) mass is 353 g/mol. The highest BCUT2D eigenvalue weighted by Crippen LogP contribution is 2.15. The van der Waals surface area contributed by atoms with Gasteiger partial charge in [0.15, 0.2) is 9.84 Å². The number of nitrogens with zero attached hydrogens (tertiary/aromatic N) is 2. The Morgan fingerprint density at radius 3 is 2.25 bits per heavy atom. The lowest BCUT2D eigenvalue weighted by Crippen LogP contribution is -2.52. The van der Waals surface area contributed by atoms with E-state index in [1.54, 1.807) is 0 Å². The van der Waals surface area contributed by atoms with E-state index in [1.807, 2.05) is 25.1 Å². The largest absolute Gasteiger partial charge is 0.369 e. The molecule has 0 aliphatic carbocycles. The molecule has 6 nitrogen and oxygen atoms in total. The summed E-state index contributed by atoms with van der Waals surface area (Å²) in [7, 11) is -3.35. The number of benzene rings is 1. The van der Waals surface area contributed by atoms with Gasteiger partial charge in [-0.3, -0.25) is 9.69 Å². The summed E-state index contributed by atoms with van der Waals surface area (Å²) in [5.74, 6) is -0.423. The van der Waals surface area contributed by atoms with Crippen molar-refractivity contribution < 1.29 is 13.2 Å². The third-order valence-corrected chi connectivity index (χ3v) is 5.92. The summed E-state index contributed by atoms with van der Waals surface area (Å²) in [6.45, 7) is 7.82. The molecule has 1 aromatic carbocycles. The number of hydrogen-bond donors (Lipinski definition) is 1. The van der Waals surface area contributed by atoms with Gasteiger partial charge in [-0.15, -0.1) is 0 Å². The molecule has 1 aliphatic heterocycles. The first kappa shape index (κ1) is 18.7. The van der Waals surface area contributed by atoms with Gasteiger partial charge in [0.1, 0.15) is 5.25 Å². The zero-order valence-corrected chi connectivity index (χ0v) is 15.4. The van der Waals surface area contributed by atoms with E-state index in [-0.39, 0.29) is 6.04 Å². The predicted octanol–water partition coefficient (Wildman–Crippen LogP) is 0.746. The van der Waals surface area contributed by atoms with Crippen molar-refractivity contribution in [1.82, 2.24) is 10.2 Å². The number of hydrogen-bond acceptors (Lipinski definition) is 5. The summed E-state index contributed by atoms with van der Waals surface area (Å²) in [5.41, 5.74) is 1.24. The Hall–Kier alpha value is -1.60. The van der Waals surface area contributed by atoms with Gasteiger partial charge in [0.05, 0.1) is 0 Å². The van der Waals surface area contributed by atoms with Crippen LogP contribution in [-0.2, 0) is 14.6 Å². The summed E-state index contributed by atoms with van der Waals surface area (Å²) in [6, 6.07) is 10.3. The number of anilines is 1. The standard InChI is InChI=1S/C17H27N3O3S/c1-14(18-17(21)15(2)24(3,22)23)13-19-9-11-20(12-10-19)16-7-5-4-6-8-16/h4-8,14-15H,9-13H2,1-3H3,(H,18,21)/t14-,15-/m0/s1. The second kappa shape index (κ2) is 7.98. The van der Waals surface area contributed by atoms with E-state index < -0.39 is 21.0 Å². The van der Waals surface area contributed by atoms with Gasteiger partial charge in [0.2, 0.25) is 5.91 Å². The van der Waals surface area contributed by atoms with Crippen LogP contribution in [-0.4, -0.2) is 69.5 Å². The second-order valence-corrected chi connectivity index (χ2v) is 8.87. The molecule has 0 radical (unpaired) electrons. The fourth-order valence-electron chi connectivity index (χ4n) is 2.82. The highest BCUT2D eigenvalue weighted by atomic mass is 32.2. The molecule has 0 aromatic heterocycles. The summed E-state index contributed by atoms with van der Waals surface area (Å²) in [5, 5.41) is 1.80. The Balaban J connectivity index is 1.78. The molecule has 1 aliphatic rings. The maximum Gasteiger partial charge on any atom is 0.238 e. The number of rotatable bonds is 6. The highest BCUT2D eigenvalue weighted by Gasteiger charge is 2.25. The first-order valence-corrected chi connectivity index (χ1v) is 10.2. The molecule has 134 valence electrons. The van der Waals surface area contributed by atoms with Gasteiger partial charge in [-0.25, -0.2) is 8.42 Å². The van der Waals surface area contributed by atoms with Gasteiger partial charge in [-0.1, -0.05) is 18.2 Å². The van der Waals surface area contributed by atoms with Gasteiger partial charge in [0.25, 0.3) is 0 Å². The first-order valence-electron chi connectivity index (χ1n) is 8.29. The van der Waals surface area contributed by atoms with E-state index in [4.69, 9.17) is 0 Å². The molecule has 1 saturated heterocycles. The molecular formula is C17H27N3O3S. The third kappa shape index (κ3) is 5.21. The van der Waals surface area contributed by atoms with Gasteiger partial charge in [-0.2, -0.15) is 0 Å². The Morgan fingerprint density at radius 1 is 1.12 bits per heavy atom. The maximum atomic E-state index is 12.0. The smallest absolute Gasteiger partial charge is 0.238 e. The van der Waals surface area contributed by atoms with Crippen molar-refractivity contribution in [2.24, 2.45) is 0 Å². The molecule has 7 heteroatoms. The fourth-order valence-corrected chi connectivity index (χ4v) is 3.27. The molecule has 2 rings (SSSR count). The normalized spacial score (nSPS) is 18.9. The molecule has 0 spiro atoms. The molecule has 0 bridgehead atoms. The highest BCUT2D eigenvalue weighted by molar-refractivity contribution is 7.92. The number of amides is 1. The zero-order chi connectivity index (χ0) is 17.7. The molecule has 1 fully saturated rings. The average molecular weight is 353 g/mol. The van der Waals surface area contributed by atoms with Gasteiger partial charge < -0.3 is 10.2 Å². The SMILES string of the molecule is C[C@@H](CN1CCN(c2ccccc2)CC1)NC(=O)[C@H](C)S(C)(=O)=O. The molecule has 1 amide bonds. The average Bonchev–Trinajstić information content (AvgIpc) is 2.54.